The lowest BCUT2D eigenvalue weighted by atomic mass is 9.97. The van der Waals surface area contributed by atoms with E-state index in [1.165, 1.54) is 5.56 Å². The first-order valence-electron chi connectivity index (χ1n) is 7.11. The van der Waals surface area contributed by atoms with Gasteiger partial charge in [-0.05, 0) is 31.4 Å². The third-order valence-electron chi connectivity index (χ3n) is 3.94. The van der Waals surface area contributed by atoms with Crippen LogP contribution >= 0.6 is 0 Å². The number of piperazine rings is 1. The lowest BCUT2D eigenvalue weighted by Crippen LogP contribution is -2.63. The van der Waals surface area contributed by atoms with E-state index in [9.17, 15) is 9.59 Å². The molecule has 1 saturated heterocycles. The van der Waals surface area contributed by atoms with Gasteiger partial charge in [0, 0.05) is 13.1 Å². The Morgan fingerprint density at radius 1 is 1.25 bits per heavy atom. The molecule has 0 spiro atoms. The van der Waals surface area contributed by atoms with E-state index in [1.807, 2.05) is 12.1 Å². The SMILES string of the molecule is CCc1ccc(CC(=O)N2CCNC(=O)C2(C)C)cc1. The second kappa shape index (κ2) is 5.65. The van der Waals surface area contributed by atoms with E-state index < -0.39 is 5.54 Å². The maximum Gasteiger partial charge on any atom is 0.245 e. The summed E-state index contributed by atoms with van der Waals surface area (Å²) in [6.45, 7) is 6.79. The van der Waals surface area contributed by atoms with Crippen LogP contribution in [0.25, 0.3) is 0 Å². The van der Waals surface area contributed by atoms with Gasteiger partial charge >= 0.3 is 0 Å². The van der Waals surface area contributed by atoms with Crippen molar-refractivity contribution in [3.63, 3.8) is 0 Å². The third kappa shape index (κ3) is 2.84. The van der Waals surface area contributed by atoms with Gasteiger partial charge in [0.25, 0.3) is 0 Å². The number of amides is 2. The van der Waals surface area contributed by atoms with Crippen LogP contribution in [0.15, 0.2) is 24.3 Å². The summed E-state index contributed by atoms with van der Waals surface area (Å²) in [7, 11) is 0. The topological polar surface area (TPSA) is 49.4 Å². The summed E-state index contributed by atoms with van der Waals surface area (Å²) in [4.78, 5) is 26.0. The van der Waals surface area contributed by atoms with Crippen molar-refractivity contribution >= 4 is 11.8 Å². The molecule has 1 aromatic rings. The smallest absolute Gasteiger partial charge is 0.245 e. The van der Waals surface area contributed by atoms with Crippen LogP contribution in [0, 0.1) is 0 Å². The Morgan fingerprint density at radius 2 is 1.85 bits per heavy atom. The molecule has 1 N–H and O–H groups in total. The molecule has 2 rings (SSSR count). The molecule has 0 radical (unpaired) electrons. The molecule has 108 valence electrons. The minimum Gasteiger partial charge on any atom is -0.352 e. The number of rotatable bonds is 3. The standard InChI is InChI=1S/C16H22N2O2/c1-4-12-5-7-13(8-6-12)11-14(19)18-10-9-17-15(20)16(18,2)3/h5-8H,4,9-11H2,1-3H3,(H,17,20). The Balaban J connectivity index is 2.08. The fourth-order valence-electron chi connectivity index (χ4n) is 2.50. The number of nitrogens with one attached hydrogen (secondary N) is 1. The fourth-order valence-corrected chi connectivity index (χ4v) is 2.50. The van der Waals surface area contributed by atoms with Gasteiger partial charge in [0.2, 0.25) is 11.8 Å². The summed E-state index contributed by atoms with van der Waals surface area (Å²) in [5.74, 6) is -0.0764. The summed E-state index contributed by atoms with van der Waals surface area (Å²) in [5, 5.41) is 2.80. The van der Waals surface area contributed by atoms with Crippen molar-refractivity contribution in [2.24, 2.45) is 0 Å². The van der Waals surface area contributed by atoms with Crippen molar-refractivity contribution in [2.45, 2.75) is 39.2 Å². The molecular weight excluding hydrogens is 252 g/mol. The van der Waals surface area contributed by atoms with Gasteiger partial charge in [0.1, 0.15) is 5.54 Å². The molecule has 4 nitrogen and oxygen atoms in total. The average molecular weight is 274 g/mol. The number of hydrogen-bond acceptors (Lipinski definition) is 2. The van der Waals surface area contributed by atoms with E-state index in [0.717, 1.165) is 12.0 Å². The molecular formula is C16H22N2O2. The number of nitrogens with zero attached hydrogens (tertiary/aromatic N) is 1. The molecule has 1 aliphatic heterocycles. The second-order valence-corrected chi connectivity index (χ2v) is 5.71. The van der Waals surface area contributed by atoms with Crippen LogP contribution in [0.1, 0.15) is 31.9 Å². The fraction of sp³-hybridized carbons (Fsp3) is 0.500. The van der Waals surface area contributed by atoms with Crippen LogP contribution in [0.5, 0.6) is 0 Å². The maximum absolute atomic E-state index is 12.4. The van der Waals surface area contributed by atoms with Gasteiger partial charge in [-0.25, -0.2) is 0 Å². The van der Waals surface area contributed by atoms with Gasteiger partial charge in [-0.2, -0.15) is 0 Å². The molecule has 4 heteroatoms. The highest BCUT2D eigenvalue weighted by Crippen LogP contribution is 2.19. The maximum atomic E-state index is 12.4. The minimum absolute atomic E-state index is 0.00842. The summed E-state index contributed by atoms with van der Waals surface area (Å²) in [6.07, 6.45) is 1.34. The normalized spacial score (nSPS) is 17.8. The predicted octanol–water partition coefficient (Wildman–Crippen LogP) is 1.53. The Hall–Kier alpha value is -1.84. The highest BCUT2D eigenvalue weighted by molar-refractivity contribution is 5.92. The molecule has 0 unspecified atom stereocenters. The van der Waals surface area contributed by atoms with Crippen molar-refractivity contribution in [2.75, 3.05) is 13.1 Å². The summed E-state index contributed by atoms with van der Waals surface area (Å²) in [6, 6.07) is 8.09. The number of aryl methyl sites for hydroxylation is 1. The first kappa shape index (κ1) is 14.6. The van der Waals surface area contributed by atoms with Crippen molar-refractivity contribution in [1.82, 2.24) is 10.2 Å². The van der Waals surface area contributed by atoms with E-state index in [1.54, 1.807) is 18.7 Å². The van der Waals surface area contributed by atoms with E-state index in [4.69, 9.17) is 0 Å². The highest BCUT2D eigenvalue weighted by atomic mass is 16.2. The molecule has 20 heavy (non-hydrogen) atoms. The molecule has 1 aromatic carbocycles. The largest absolute Gasteiger partial charge is 0.352 e. The van der Waals surface area contributed by atoms with E-state index >= 15 is 0 Å². The molecule has 2 amide bonds. The molecule has 0 aromatic heterocycles. The van der Waals surface area contributed by atoms with Gasteiger partial charge in [0.15, 0.2) is 0 Å². The van der Waals surface area contributed by atoms with Crippen LogP contribution < -0.4 is 5.32 Å². The molecule has 0 bridgehead atoms. The van der Waals surface area contributed by atoms with E-state index in [-0.39, 0.29) is 11.8 Å². The van der Waals surface area contributed by atoms with Gasteiger partial charge in [-0.15, -0.1) is 0 Å². The monoisotopic (exact) mass is 274 g/mol. The average Bonchev–Trinajstić information content (AvgIpc) is 2.42. The Kier molecular flexibility index (Phi) is 4.12. The zero-order chi connectivity index (χ0) is 14.8. The van der Waals surface area contributed by atoms with Gasteiger partial charge in [-0.1, -0.05) is 31.2 Å². The van der Waals surface area contributed by atoms with Crippen LogP contribution in [-0.2, 0) is 22.4 Å². The Labute approximate surface area is 120 Å². The van der Waals surface area contributed by atoms with Crippen molar-refractivity contribution in [1.29, 1.82) is 0 Å². The molecule has 1 aliphatic rings. The number of hydrogen-bond donors (Lipinski definition) is 1. The lowest BCUT2D eigenvalue weighted by Gasteiger charge is -2.41. The lowest BCUT2D eigenvalue weighted by molar-refractivity contribution is -0.148. The highest BCUT2D eigenvalue weighted by Gasteiger charge is 2.40. The van der Waals surface area contributed by atoms with Gasteiger partial charge in [0.05, 0.1) is 6.42 Å². The van der Waals surface area contributed by atoms with E-state index in [2.05, 4.69) is 24.4 Å². The zero-order valence-corrected chi connectivity index (χ0v) is 12.4. The van der Waals surface area contributed by atoms with Crippen LogP contribution in [0.3, 0.4) is 0 Å². The predicted molar refractivity (Wildman–Crippen MR) is 78.3 cm³/mol. The molecule has 0 saturated carbocycles. The molecule has 1 heterocycles. The van der Waals surface area contributed by atoms with Crippen LogP contribution in [0.2, 0.25) is 0 Å². The Bertz CT molecular complexity index is 506. The van der Waals surface area contributed by atoms with Gasteiger partial charge < -0.3 is 10.2 Å². The summed E-state index contributed by atoms with van der Waals surface area (Å²) >= 11 is 0. The van der Waals surface area contributed by atoms with Crippen molar-refractivity contribution in [3.05, 3.63) is 35.4 Å². The zero-order valence-electron chi connectivity index (χ0n) is 12.4. The number of benzene rings is 1. The molecule has 0 atom stereocenters. The van der Waals surface area contributed by atoms with E-state index in [0.29, 0.717) is 19.5 Å². The minimum atomic E-state index is -0.765. The van der Waals surface area contributed by atoms with Crippen LogP contribution in [0.4, 0.5) is 0 Å². The first-order chi connectivity index (χ1) is 9.45. The number of carbonyl (C=O) groups is 2. The summed E-state index contributed by atoms with van der Waals surface area (Å²) in [5.41, 5.74) is 1.49. The molecule has 0 aliphatic carbocycles. The summed E-state index contributed by atoms with van der Waals surface area (Å²) < 4.78 is 0. The molecule has 1 fully saturated rings. The van der Waals surface area contributed by atoms with Crippen LogP contribution in [-0.4, -0.2) is 35.3 Å². The number of carbonyl (C=O) groups excluding carboxylic acids is 2. The quantitative estimate of drug-likeness (QED) is 0.908. The Morgan fingerprint density at radius 3 is 2.45 bits per heavy atom. The van der Waals surface area contributed by atoms with Crippen molar-refractivity contribution in [3.8, 4) is 0 Å². The first-order valence-corrected chi connectivity index (χ1v) is 7.11. The second-order valence-electron chi connectivity index (χ2n) is 5.71. The van der Waals surface area contributed by atoms with Gasteiger partial charge in [-0.3, -0.25) is 9.59 Å². The third-order valence-corrected chi connectivity index (χ3v) is 3.94. The van der Waals surface area contributed by atoms with Crippen molar-refractivity contribution < 1.29 is 9.59 Å².